The first-order valence-electron chi connectivity index (χ1n) is 28.6. The maximum atomic E-state index is 15.6. The lowest BCUT2D eigenvalue weighted by Crippen LogP contribution is -2.54. The van der Waals surface area contributed by atoms with Crippen LogP contribution in [0.15, 0.2) is 71.8 Å². The molecule has 0 fully saturated rings. The molecule has 3 aromatic carbocycles. The van der Waals surface area contributed by atoms with Gasteiger partial charge < -0.3 is 65.1 Å². The number of hydrogen-bond acceptors (Lipinski definition) is 19. The molecular formula is C58H79F2N13O15. The zero-order valence-electron chi connectivity index (χ0n) is 50.4. The van der Waals surface area contributed by atoms with Gasteiger partial charge in [-0.05, 0) is 87.1 Å². The summed E-state index contributed by atoms with van der Waals surface area (Å²) in [6.07, 6.45) is 0.120. The highest BCUT2D eigenvalue weighted by atomic mass is 19.1. The standard InChI is InChI=1S/C58H79F2N13O15/c1-36(2)48(67-45(74)18-21-82-23-24-83-25-26-84-27-28-85-29-30-87-70-56(79)88-58(3,4)5)54(77)66-43(9-8-19-62-55(61)78)53(76)65-41-16-10-37(11-17-41)33-86-57(80)72(20-22-81-7)35-73-44-32-40(60)31-42-46(44)49(68-69-52(42)75)47(51-63-34-64-71(51)6)50(73)38-12-14-39(59)15-13-38/h10-17,31-32,34,36,43,47-48,50H,8-9,18-30,33,35H2,1-7H3,(H,65,76)(H,66,77)(H,67,74)(H,69,75)(H,70,79)(H3,61,62,78)/t43-,47-,48-,50+/m0/s1. The van der Waals surface area contributed by atoms with Crippen LogP contribution in [-0.2, 0) is 66.0 Å². The van der Waals surface area contributed by atoms with Gasteiger partial charge >= 0.3 is 18.2 Å². The van der Waals surface area contributed by atoms with Crippen molar-refractivity contribution in [3.05, 3.63) is 112 Å². The van der Waals surface area contributed by atoms with Crippen LogP contribution in [0.3, 0.4) is 0 Å². The molecule has 0 unspecified atom stereocenters. The second-order valence-electron chi connectivity index (χ2n) is 21.5. The number of hydrogen-bond donors (Lipinski definition) is 7. The Kier molecular flexibility index (Phi) is 26.7. The molecule has 0 spiro atoms. The molecule has 0 saturated heterocycles. The summed E-state index contributed by atoms with van der Waals surface area (Å²) in [6, 6.07) is 10.7. The quantitative estimate of drug-likeness (QED) is 0.0221. The number of carbonyl (C=O) groups is 6. The van der Waals surface area contributed by atoms with Crippen LogP contribution >= 0.6 is 0 Å². The van der Waals surface area contributed by atoms with Crippen molar-refractivity contribution in [2.45, 2.75) is 90.1 Å². The minimum Gasteiger partial charge on any atom is -0.445 e. The van der Waals surface area contributed by atoms with E-state index in [9.17, 15) is 38.0 Å². The van der Waals surface area contributed by atoms with E-state index in [0.717, 1.165) is 6.07 Å². The number of ether oxygens (including phenoxy) is 7. The average Bonchev–Trinajstić information content (AvgIpc) is 0.945. The molecule has 5 aromatic rings. The van der Waals surface area contributed by atoms with Crippen molar-refractivity contribution in [1.82, 2.24) is 51.3 Å². The third-order valence-electron chi connectivity index (χ3n) is 13.4. The van der Waals surface area contributed by atoms with Crippen LogP contribution in [0.2, 0.25) is 0 Å². The number of primary amides is 1. The number of benzene rings is 3. The third kappa shape index (κ3) is 21.2. The molecule has 1 aliphatic rings. The van der Waals surface area contributed by atoms with Crippen LogP contribution in [-0.4, -0.2) is 176 Å². The van der Waals surface area contributed by atoms with E-state index in [0.29, 0.717) is 60.1 Å². The van der Waals surface area contributed by atoms with Crippen LogP contribution in [0.5, 0.6) is 0 Å². The SMILES string of the molecule is COCCN(CN1c2cc(F)cc3c(=O)[nH]nc(c23)[C@H](c2ncnn2C)[C@H]1c1ccc(F)cc1)C(=O)OCc1ccc(NC(=O)[C@H](CCCNC(N)=O)NC(=O)[C@@H](NC(=O)CCOCCOCCOCCOCCONC(=O)OC(C)(C)C)C(C)C)cc1. The number of anilines is 2. The molecule has 8 N–H and O–H groups in total. The van der Waals surface area contributed by atoms with Gasteiger partial charge in [0.2, 0.25) is 17.7 Å². The van der Waals surface area contributed by atoms with Gasteiger partial charge in [-0.3, -0.25) is 33.6 Å². The first-order valence-corrected chi connectivity index (χ1v) is 28.6. The zero-order chi connectivity index (χ0) is 63.8. The van der Waals surface area contributed by atoms with E-state index in [1.165, 1.54) is 41.2 Å². The maximum absolute atomic E-state index is 15.6. The summed E-state index contributed by atoms with van der Waals surface area (Å²) in [6.45, 7) is 10.4. The van der Waals surface area contributed by atoms with Crippen molar-refractivity contribution in [2.24, 2.45) is 18.7 Å². The van der Waals surface area contributed by atoms with Gasteiger partial charge in [0.15, 0.2) is 0 Å². The molecule has 0 bridgehead atoms. The van der Waals surface area contributed by atoms with E-state index in [1.54, 1.807) is 83.0 Å². The van der Waals surface area contributed by atoms with Crippen molar-refractivity contribution >= 4 is 58.1 Å². The fraction of sp³-hybridized carbons (Fsp3) is 0.517. The molecule has 30 heteroatoms. The molecule has 6 rings (SSSR count). The normalized spacial score (nSPS) is 14.5. The fourth-order valence-corrected chi connectivity index (χ4v) is 9.27. The lowest BCUT2D eigenvalue weighted by molar-refractivity contribution is -0.132. The number of aryl methyl sites for hydroxylation is 1. The number of nitrogens with two attached hydrogens (primary N) is 1. The number of methoxy groups -OCH3 is 1. The first-order chi connectivity index (χ1) is 42.1. The number of nitrogens with one attached hydrogen (secondary N) is 6. The van der Waals surface area contributed by atoms with Crippen LogP contribution in [0.25, 0.3) is 10.8 Å². The number of carbonyl (C=O) groups excluding carboxylic acids is 6. The van der Waals surface area contributed by atoms with Crippen LogP contribution in [0.4, 0.5) is 34.5 Å². The Balaban J connectivity index is 1.00. The molecule has 3 heterocycles. The van der Waals surface area contributed by atoms with Gasteiger partial charge in [-0.1, -0.05) is 38.1 Å². The Bertz CT molecular complexity index is 3150. The predicted molar refractivity (Wildman–Crippen MR) is 314 cm³/mol. The summed E-state index contributed by atoms with van der Waals surface area (Å²) in [5.74, 6) is -3.69. The van der Waals surface area contributed by atoms with E-state index >= 15 is 4.39 Å². The number of rotatable bonds is 35. The van der Waals surface area contributed by atoms with Gasteiger partial charge in [-0.15, -0.1) is 0 Å². The predicted octanol–water partition coefficient (Wildman–Crippen LogP) is 4.19. The molecule has 0 aliphatic carbocycles. The molecule has 7 amide bonds. The molecule has 28 nitrogen and oxygen atoms in total. The Labute approximate surface area is 507 Å². The highest BCUT2D eigenvalue weighted by molar-refractivity contribution is 5.99. The minimum atomic E-state index is -1.13. The smallest absolute Gasteiger partial charge is 0.431 e. The highest BCUT2D eigenvalue weighted by Gasteiger charge is 2.43. The highest BCUT2D eigenvalue weighted by Crippen LogP contribution is 2.50. The second kappa shape index (κ2) is 34.2. The van der Waals surface area contributed by atoms with Gasteiger partial charge in [0.05, 0.1) is 101 Å². The monoisotopic (exact) mass is 1240 g/mol. The van der Waals surface area contributed by atoms with Crippen LogP contribution in [0.1, 0.15) is 88.5 Å². The van der Waals surface area contributed by atoms with E-state index in [1.807, 2.05) is 0 Å². The van der Waals surface area contributed by atoms with E-state index in [-0.39, 0.29) is 96.3 Å². The number of H-pyrrole nitrogens is 1. The number of urea groups is 1. The summed E-state index contributed by atoms with van der Waals surface area (Å²) in [5, 5.41) is 22.3. The number of nitrogens with zero attached hydrogens (tertiary/aromatic N) is 6. The number of amides is 7. The molecule has 88 heavy (non-hydrogen) atoms. The number of halogens is 2. The second-order valence-corrected chi connectivity index (χ2v) is 21.5. The van der Waals surface area contributed by atoms with E-state index in [2.05, 4.69) is 47.0 Å². The van der Waals surface area contributed by atoms with Crippen molar-refractivity contribution in [3.63, 3.8) is 0 Å². The molecule has 2 aromatic heterocycles. The van der Waals surface area contributed by atoms with Crippen LogP contribution < -0.4 is 42.9 Å². The summed E-state index contributed by atoms with van der Waals surface area (Å²) in [5.41, 5.74) is 8.11. The van der Waals surface area contributed by atoms with E-state index < -0.39 is 88.7 Å². The fourth-order valence-electron chi connectivity index (χ4n) is 9.27. The lowest BCUT2D eigenvalue weighted by atomic mass is 9.82. The summed E-state index contributed by atoms with van der Waals surface area (Å²) >= 11 is 0. The Morgan fingerprint density at radius 2 is 1.49 bits per heavy atom. The lowest BCUT2D eigenvalue weighted by Gasteiger charge is -2.44. The molecule has 480 valence electrons. The van der Waals surface area contributed by atoms with Gasteiger partial charge in [-0.25, -0.2) is 33.2 Å². The Hall–Kier alpha value is -8.42. The van der Waals surface area contributed by atoms with Crippen molar-refractivity contribution in [2.75, 3.05) is 103 Å². The first kappa shape index (κ1) is 68.7. The summed E-state index contributed by atoms with van der Waals surface area (Å²) in [7, 11) is 3.14. The topological polar surface area (TPSA) is 345 Å². The van der Waals surface area contributed by atoms with Crippen molar-refractivity contribution < 1.29 is 75.5 Å². The molecule has 4 atom stereocenters. The molecule has 0 radical (unpaired) electrons. The summed E-state index contributed by atoms with van der Waals surface area (Å²) in [4.78, 5) is 104. The van der Waals surface area contributed by atoms with Gasteiger partial charge in [-0.2, -0.15) is 15.7 Å². The molecular weight excluding hydrogens is 1160 g/mol. The van der Waals surface area contributed by atoms with Crippen molar-refractivity contribution in [3.8, 4) is 0 Å². The van der Waals surface area contributed by atoms with Gasteiger partial charge in [0.1, 0.15) is 48.1 Å². The van der Waals surface area contributed by atoms with Crippen molar-refractivity contribution in [1.29, 1.82) is 0 Å². The zero-order valence-corrected chi connectivity index (χ0v) is 50.4. The Morgan fingerprint density at radius 1 is 0.830 bits per heavy atom. The number of aromatic nitrogens is 5. The average molecular weight is 1240 g/mol. The molecule has 0 saturated carbocycles. The Morgan fingerprint density at radius 3 is 2.10 bits per heavy atom. The largest absolute Gasteiger partial charge is 0.445 e. The van der Waals surface area contributed by atoms with E-state index in [4.69, 9.17) is 43.7 Å². The van der Waals surface area contributed by atoms with Crippen LogP contribution in [0, 0.1) is 17.6 Å². The third-order valence-corrected chi connectivity index (χ3v) is 13.4. The summed E-state index contributed by atoms with van der Waals surface area (Å²) < 4.78 is 69.9. The van der Waals surface area contributed by atoms with Gasteiger partial charge in [0, 0.05) is 44.7 Å². The number of aromatic amines is 1. The van der Waals surface area contributed by atoms with Gasteiger partial charge in [0.25, 0.3) is 5.56 Å². The molecule has 1 aliphatic heterocycles. The number of hydroxylamine groups is 1. The maximum Gasteiger partial charge on any atom is 0.431 e. The minimum absolute atomic E-state index is 0.00919.